The number of amides is 2. The van der Waals surface area contributed by atoms with Gasteiger partial charge in [0.2, 0.25) is 11.8 Å². The summed E-state index contributed by atoms with van der Waals surface area (Å²) in [6.45, 7) is 5.62. The van der Waals surface area contributed by atoms with Gasteiger partial charge in [-0.25, -0.2) is 0 Å². The van der Waals surface area contributed by atoms with Gasteiger partial charge in [-0.2, -0.15) is 0 Å². The topological polar surface area (TPSA) is 61.4 Å². The van der Waals surface area contributed by atoms with Crippen molar-refractivity contribution in [2.75, 3.05) is 26.2 Å². The van der Waals surface area contributed by atoms with Crippen LogP contribution in [0.1, 0.15) is 51.9 Å². The number of carbonyl (C=O) groups is 2. The first-order valence-corrected chi connectivity index (χ1v) is 8.45. The van der Waals surface area contributed by atoms with Gasteiger partial charge >= 0.3 is 0 Å². The standard InChI is InChI=1S/C16H29N3O2/c1-13(16(21)19-11-3-2-4-12-19)18-15(20)6-5-14-7-9-17-10-8-14/h13-14,17H,2-12H2,1H3,(H,18,20). The summed E-state index contributed by atoms with van der Waals surface area (Å²) in [4.78, 5) is 26.1. The Labute approximate surface area is 127 Å². The summed E-state index contributed by atoms with van der Waals surface area (Å²) in [6.07, 6.45) is 7.19. The molecule has 0 aromatic carbocycles. The molecule has 2 fully saturated rings. The summed E-state index contributed by atoms with van der Waals surface area (Å²) in [5, 5.41) is 6.21. The maximum Gasteiger partial charge on any atom is 0.244 e. The Morgan fingerprint density at radius 1 is 1.19 bits per heavy atom. The fraction of sp³-hybridized carbons (Fsp3) is 0.875. The molecule has 0 aromatic rings. The zero-order chi connectivity index (χ0) is 15.1. The van der Waals surface area contributed by atoms with Crippen LogP contribution in [0.25, 0.3) is 0 Å². The van der Waals surface area contributed by atoms with Crippen molar-refractivity contribution >= 4 is 11.8 Å². The van der Waals surface area contributed by atoms with Crippen molar-refractivity contribution in [2.45, 2.75) is 57.9 Å². The van der Waals surface area contributed by atoms with Gasteiger partial charge in [0.25, 0.3) is 0 Å². The second-order valence-electron chi connectivity index (χ2n) is 6.41. The molecule has 0 saturated carbocycles. The number of hydrogen-bond donors (Lipinski definition) is 2. The van der Waals surface area contributed by atoms with E-state index >= 15 is 0 Å². The van der Waals surface area contributed by atoms with E-state index in [4.69, 9.17) is 0 Å². The summed E-state index contributed by atoms with van der Waals surface area (Å²) < 4.78 is 0. The van der Waals surface area contributed by atoms with Gasteiger partial charge in [0.1, 0.15) is 6.04 Å². The Hall–Kier alpha value is -1.10. The van der Waals surface area contributed by atoms with Crippen LogP contribution < -0.4 is 10.6 Å². The van der Waals surface area contributed by atoms with Crippen molar-refractivity contribution in [3.63, 3.8) is 0 Å². The van der Waals surface area contributed by atoms with E-state index in [0.717, 1.165) is 58.3 Å². The molecule has 1 unspecified atom stereocenters. The van der Waals surface area contributed by atoms with Gasteiger partial charge in [0, 0.05) is 19.5 Å². The first kappa shape index (κ1) is 16.3. The van der Waals surface area contributed by atoms with Gasteiger partial charge in [-0.05, 0) is 64.5 Å². The van der Waals surface area contributed by atoms with Gasteiger partial charge < -0.3 is 15.5 Å². The largest absolute Gasteiger partial charge is 0.345 e. The van der Waals surface area contributed by atoms with Crippen molar-refractivity contribution in [1.29, 1.82) is 0 Å². The third-order valence-electron chi connectivity index (χ3n) is 4.65. The molecule has 0 spiro atoms. The van der Waals surface area contributed by atoms with E-state index in [9.17, 15) is 9.59 Å². The molecular weight excluding hydrogens is 266 g/mol. The number of nitrogens with zero attached hydrogens (tertiary/aromatic N) is 1. The maximum atomic E-state index is 12.2. The van der Waals surface area contributed by atoms with Crippen LogP contribution in [0.2, 0.25) is 0 Å². The van der Waals surface area contributed by atoms with Crippen molar-refractivity contribution in [1.82, 2.24) is 15.5 Å². The predicted molar refractivity (Wildman–Crippen MR) is 82.9 cm³/mol. The average molecular weight is 295 g/mol. The van der Waals surface area contributed by atoms with Gasteiger partial charge in [-0.1, -0.05) is 0 Å². The lowest BCUT2D eigenvalue weighted by Gasteiger charge is -2.29. The molecule has 2 heterocycles. The monoisotopic (exact) mass is 295 g/mol. The molecule has 2 rings (SSSR count). The average Bonchev–Trinajstić information content (AvgIpc) is 2.54. The first-order chi connectivity index (χ1) is 10.2. The number of likely N-dealkylation sites (tertiary alicyclic amines) is 1. The van der Waals surface area contributed by atoms with E-state index in [0.29, 0.717) is 12.3 Å². The van der Waals surface area contributed by atoms with Gasteiger partial charge in [-0.3, -0.25) is 9.59 Å². The molecule has 0 radical (unpaired) electrons. The van der Waals surface area contributed by atoms with Crippen LogP contribution in [0.4, 0.5) is 0 Å². The Kier molecular flexibility index (Phi) is 6.49. The van der Waals surface area contributed by atoms with E-state index in [2.05, 4.69) is 10.6 Å². The Morgan fingerprint density at radius 2 is 1.86 bits per heavy atom. The highest BCUT2D eigenvalue weighted by Gasteiger charge is 2.23. The summed E-state index contributed by atoms with van der Waals surface area (Å²) in [5.74, 6) is 0.751. The van der Waals surface area contributed by atoms with Gasteiger partial charge in [-0.15, -0.1) is 0 Å². The molecule has 0 aromatic heterocycles. The van der Waals surface area contributed by atoms with Crippen LogP contribution in [-0.2, 0) is 9.59 Å². The number of hydrogen-bond acceptors (Lipinski definition) is 3. The Bertz CT molecular complexity index is 347. The van der Waals surface area contributed by atoms with Crippen LogP contribution in [-0.4, -0.2) is 48.9 Å². The molecule has 2 amide bonds. The minimum Gasteiger partial charge on any atom is -0.345 e. The third-order valence-corrected chi connectivity index (χ3v) is 4.65. The highest BCUT2D eigenvalue weighted by molar-refractivity contribution is 5.87. The Morgan fingerprint density at radius 3 is 2.52 bits per heavy atom. The van der Waals surface area contributed by atoms with Crippen molar-refractivity contribution < 1.29 is 9.59 Å². The minimum atomic E-state index is -0.386. The fourth-order valence-corrected chi connectivity index (χ4v) is 3.27. The summed E-state index contributed by atoms with van der Waals surface area (Å²) in [7, 11) is 0. The molecule has 21 heavy (non-hydrogen) atoms. The molecular formula is C16H29N3O2. The lowest BCUT2D eigenvalue weighted by atomic mass is 9.93. The SMILES string of the molecule is CC(NC(=O)CCC1CCNCC1)C(=O)N1CCCCC1. The third kappa shape index (κ3) is 5.30. The zero-order valence-electron chi connectivity index (χ0n) is 13.2. The van der Waals surface area contributed by atoms with E-state index in [1.165, 1.54) is 6.42 Å². The van der Waals surface area contributed by atoms with Crippen molar-refractivity contribution in [3.05, 3.63) is 0 Å². The van der Waals surface area contributed by atoms with E-state index < -0.39 is 0 Å². The van der Waals surface area contributed by atoms with Crippen LogP contribution >= 0.6 is 0 Å². The van der Waals surface area contributed by atoms with Crippen LogP contribution in [0, 0.1) is 5.92 Å². The smallest absolute Gasteiger partial charge is 0.244 e. The first-order valence-electron chi connectivity index (χ1n) is 8.45. The number of piperidine rings is 2. The summed E-state index contributed by atoms with van der Waals surface area (Å²) >= 11 is 0. The molecule has 0 aliphatic carbocycles. The van der Waals surface area contributed by atoms with E-state index in [1.54, 1.807) is 6.92 Å². The van der Waals surface area contributed by atoms with E-state index in [1.807, 2.05) is 4.90 Å². The lowest BCUT2D eigenvalue weighted by molar-refractivity contribution is -0.136. The highest BCUT2D eigenvalue weighted by atomic mass is 16.2. The number of carbonyl (C=O) groups excluding carboxylic acids is 2. The zero-order valence-corrected chi connectivity index (χ0v) is 13.2. The molecule has 2 N–H and O–H groups in total. The van der Waals surface area contributed by atoms with Crippen molar-refractivity contribution in [2.24, 2.45) is 5.92 Å². The fourth-order valence-electron chi connectivity index (χ4n) is 3.27. The quantitative estimate of drug-likeness (QED) is 0.803. The van der Waals surface area contributed by atoms with Gasteiger partial charge in [0.15, 0.2) is 0 Å². The van der Waals surface area contributed by atoms with Gasteiger partial charge in [0.05, 0.1) is 0 Å². The molecule has 5 heteroatoms. The lowest BCUT2D eigenvalue weighted by Crippen LogP contribution is -2.48. The second-order valence-corrected chi connectivity index (χ2v) is 6.41. The van der Waals surface area contributed by atoms with Crippen LogP contribution in [0.3, 0.4) is 0 Å². The number of nitrogens with one attached hydrogen (secondary N) is 2. The van der Waals surface area contributed by atoms with Crippen LogP contribution in [0.15, 0.2) is 0 Å². The number of rotatable bonds is 5. The Balaban J connectivity index is 1.67. The predicted octanol–water partition coefficient (Wildman–Crippen LogP) is 1.28. The summed E-state index contributed by atoms with van der Waals surface area (Å²) in [6, 6.07) is -0.386. The molecule has 1 atom stereocenters. The molecule has 0 bridgehead atoms. The maximum absolute atomic E-state index is 12.2. The molecule has 2 aliphatic rings. The van der Waals surface area contributed by atoms with Crippen LogP contribution in [0.5, 0.6) is 0 Å². The minimum absolute atomic E-state index is 0.0198. The molecule has 120 valence electrons. The second kappa shape index (κ2) is 8.37. The summed E-state index contributed by atoms with van der Waals surface area (Å²) in [5.41, 5.74) is 0. The highest BCUT2D eigenvalue weighted by Crippen LogP contribution is 2.17. The normalized spacial score (nSPS) is 21.9. The molecule has 2 saturated heterocycles. The van der Waals surface area contributed by atoms with E-state index in [-0.39, 0.29) is 17.9 Å². The molecule has 2 aliphatic heterocycles. The molecule has 5 nitrogen and oxygen atoms in total. The van der Waals surface area contributed by atoms with Crippen molar-refractivity contribution in [3.8, 4) is 0 Å².